The summed E-state index contributed by atoms with van der Waals surface area (Å²) in [6.07, 6.45) is 4.39. The molecule has 2 nitrogen and oxygen atoms in total. The molecule has 4 aromatic rings. The molecule has 0 atom stereocenters. The Morgan fingerprint density at radius 1 is 0.769 bits per heavy atom. The predicted octanol–water partition coefficient (Wildman–Crippen LogP) is 5.39. The summed E-state index contributed by atoms with van der Waals surface area (Å²) in [5, 5.41) is 2.52. The average Bonchev–Trinajstić information content (AvgIpc) is 2.69. The highest BCUT2D eigenvalue weighted by atomic mass is 16.5. The lowest BCUT2D eigenvalue weighted by molar-refractivity contribution is -0.617. The van der Waals surface area contributed by atoms with E-state index in [1.807, 2.05) is 19.1 Å². The van der Waals surface area contributed by atoms with Crippen LogP contribution >= 0.6 is 0 Å². The number of fused-ring (bicyclic) bond motifs is 2. The summed E-state index contributed by atoms with van der Waals surface area (Å²) >= 11 is 0. The maximum Gasteiger partial charge on any atom is 0.213 e. The van der Waals surface area contributed by atoms with Gasteiger partial charge in [0.25, 0.3) is 0 Å². The number of para-hydroxylation sites is 2. The van der Waals surface area contributed by atoms with Gasteiger partial charge in [0, 0.05) is 17.7 Å². The maximum absolute atomic E-state index is 5.53. The van der Waals surface area contributed by atoms with Crippen LogP contribution in [0.2, 0.25) is 0 Å². The number of ether oxygens (including phenoxy) is 1. The fourth-order valence-corrected chi connectivity index (χ4v) is 3.46. The van der Waals surface area contributed by atoms with E-state index in [2.05, 4.69) is 84.4 Å². The zero-order valence-electron chi connectivity index (χ0n) is 15.1. The molecule has 0 spiro atoms. The number of nitrogens with zero attached hydrogens (tertiary/aromatic N) is 1. The standard InChI is InChI=1S/C24H22NO/c1-3-26-19-15-12-18(13-16-19)14-17-20-21-8-4-6-10-23(21)25(2)24-11-7-5-9-22(20)24/h4-17H,3H2,1-2H3/q+1/b17-14+. The van der Waals surface area contributed by atoms with Gasteiger partial charge in [0.15, 0.2) is 0 Å². The van der Waals surface area contributed by atoms with E-state index in [1.165, 1.54) is 27.4 Å². The number of hydrogen-bond donors (Lipinski definition) is 0. The fourth-order valence-electron chi connectivity index (χ4n) is 3.46. The van der Waals surface area contributed by atoms with Crippen LogP contribution in [0, 0.1) is 0 Å². The van der Waals surface area contributed by atoms with Crippen LogP contribution in [0.25, 0.3) is 34.0 Å². The molecule has 0 saturated heterocycles. The number of benzene rings is 3. The van der Waals surface area contributed by atoms with Gasteiger partial charge in [-0.1, -0.05) is 48.6 Å². The van der Waals surface area contributed by atoms with Crippen molar-refractivity contribution >= 4 is 34.0 Å². The number of aromatic nitrogens is 1. The van der Waals surface area contributed by atoms with E-state index in [1.54, 1.807) is 0 Å². The van der Waals surface area contributed by atoms with Crippen LogP contribution in [0.15, 0.2) is 72.8 Å². The minimum absolute atomic E-state index is 0.689. The van der Waals surface area contributed by atoms with Crippen molar-refractivity contribution in [3.8, 4) is 5.75 Å². The third-order valence-electron chi connectivity index (χ3n) is 4.74. The maximum atomic E-state index is 5.53. The predicted molar refractivity (Wildman–Crippen MR) is 109 cm³/mol. The molecule has 0 aliphatic carbocycles. The molecule has 2 heteroatoms. The van der Waals surface area contributed by atoms with E-state index < -0.39 is 0 Å². The Morgan fingerprint density at radius 3 is 1.92 bits per heavy atom. The average molecular weight is 340 g/mol. The van der Waals surface area contributed by atoms with E-state index in [4.69, 9.17) is 4.74 Å². The molecule has 0 saturated carbocycles. The normalized spacial score (nSPS) is 11.5. The van der Waals surface area contributed by atoms with Crippen LogP contribution in [0.5, 0.6) is 5.75 Å². The van der Waals surface area contributed by atoms with Gasteiger partial charge in [0.1, 0.15) is 12.8 Å². The Bertz CT molecular complexity index is 1040. The Labute approximate surface area is 154 Å². The quantitative estimate of drug-likeness (QED) is 0.359. The second-order valence-corrected chi connectivity index (χ2v) is 6.34. The zero-order valence-corrected chi connectivity index (χ0v) is 15.1. The van der Waals surface area contributed by atoms with Crippen molar-refractivity contribution in [3.63, 3.8) is 0 Å². The highest BCUT2D eigenvalue weighted by Gasteiger charge is 2.15. The van der Waals surface area contributed by atoms with Crippen molar-refractivity contribution in [2.75, 3.05) is 6.61 Å². The van der Waals surface area contributed by atoms with Gasteiger partial charge in [-0.15, -0.1) is 0 Å². The van der Waals surface area contributed by atoms with E-state index in [9.17, 15) is 0 Å². The number of hydrogen-bond acceptors (Lipinski definition) is 1. The minimum atomic E-state index is 0.689. The first-order valence-corrected chi connectivity index (χ1v) is 8.98. The Morgan fingerprint density at radius 2 is 1.35 bits per heavy atom. The molecule has 0 bridgehead atoms. The molecule has 0 aliphatic heterocycles. The van der Waals surface area contributed by atoms with E-state index in [0.29, 0.717) is 6.61 Å². The lowest BCUT2D eigenvalue weighted by Crippen LogP contribution is -2.30. The van der Waals surface area contributed by atoms with Crippen molar-refractivity contribution in [1.82, 2.24) is 0 Å². The fraction of sp³-hybridized carbons (Fsp3) is 0.125. The molecule has 128 valence electrons. The number of rotatable bonds is 4. The second kappa shape index (κ2) is 7.01. The van der Waals surface area contributed by atoms with E-state index in [-0.39, 0.29) is 0 Å². The van der Waals surface area contributed by atoms with Gasteiger partial charge >= 0.3 is 0 Å². The molecular weight excluding hydrogens is 318 g/mol. The topological polar surface area (TPSA) is 13.1 Å². The molecule has 0 fully saturated rings. The molecule has 1 heterocycles. The van der Waals surface area contributed by atoms with Crippen molar-refractivity contribution in [1.29, 1.82) is 0 Å². The van der Waals surface area contributed by atoms with Crippen molar-refractivity contribution in [2.45, 2.75) is 6.92 Å². The van der Waals surface area contributed by atoms with Crippen LogP contribution in [0.3, 0.4) is 0 Å². The summed E-state index contributed by atoms with van der Waals surface area (Å²) in [6, 6.07) is 25.4. The Balaban J connectivity index is 1.85. The third kappa shape index (κ3) is 2.95. The molecule has 26 heavy (non-hydrogen) atoms. The Kier molecular flexibility index (Phi) is 4.40. The molecule has 1 aromatic heterocycles. The van der Waals surface area contributed by atoms with E-state index in [0.717, 1.165) is 11.3 Å². The molecule has 0 N–H and O–H groups in total. The summed E-state index contributed by atoms with van der Waals surface area (Å²) in [5.74, 6) is 0.910. The van der Waals surface area contributed by atoms with Gasteiger partial charge < -0.3 is 4.74 Å². The van der Waals surface area contributed by atoms with Crippen molar-refractivity contribution in [2.24, 2.45) is 7.05 Å². The second-order valence-electron chi connectivity index (χ2n) is 6.34. The molecule has 4 rings (SSSR count). The number of aryl methyl sites for hydroxylation is 1. The highest BCUT2D eigenvalue weighted by molar-refractivity contribution is 6.01. The van der Waals surface area contributed by atoms with Crippen LogP contribution in [-0.4, -0.2) is 6.61 Å². The summed E-state index contributed by atoms with van der Waals surface area (Å²) in [6.45, 7) is 2.69. The summed E-state index contributed by atoms with van der Waals surface area (Å²) in [4.78, 5) is 0. The molecule has 0 radical (unpaired) electrons. The molecule has 0 amide bonds. The third-order valence-corrected chi connectivity index (χ3v) is 4.74. The molecule has 0 unspecified atom stereocenters. The lowest BCUT2D eigenvalue weighted by Gasteiger charge is -2.07. The highest BCUT2D eigenvalue weighted by Crippen LogP contribution is 2.26. The first kappa shape index (κ1) is 16.3. The Hall–Kier alpha value is -3.13. The lowest BCUT2D eigenvalue weighted by atomic mass is 10.0. The van der Waals surface area contributed by atoms with Crippen LogP contribution in [0.1, 0.15) is 18.1 Å². The SMILES string of the molecule is CCOc1ccc(/C=C/c2c3ccccc3[n+](C)c3ccccc23)cc1. The summed E-state index contributed by atoms with van der Waals surface area (Å²) in [7, 11) is 2.13. The van der Waals surface area contributed by atoms with Crippen LogP contribution < -0.4 is 9.30 Å². The summed E-state index contributed by atoms with van der Waals surface area (Å²) < 4.78 is 7.79. The van der Waals surface area contributed by atoms with Crippen LogP contribution in [-0.2, 0) is 7.05 Å². The minimum Gasteiger partial charge on any atom is -0.494 e. The van der Waals surface area contributed by atoms with Gasteiger partial charge in [-0.25, -0.2) is 0 Å². The van der Waals surface area contributed by atoms with Gasteiger partial charge in [-0.3, -0.25) is 0 Å². The van der Waals surface area contributed by atoms with Gasteiger partial charge in [-0.05, 0) is 36.8 Å². The van der Waals surface area contributed by atoms with Crippen molar-refractivity contribution < 1.29 is 9.30 Å². The van der Waals surface area contributed by atoms with Crippen LogP contribution in [0.4, 0.5) is 0 Å². The zero-order chi connectivity index (χ0) is 17.9. The molecule has 3 aromatic carbocycles. The summed E-state index contributed by atoms with van der Waals surface area (Å²) in [5.41, 5.74) is 4.88. The number of pyridine rings is 1. The first-order chi connectivity index (χ1) is 12.8. The van der Waals surface area contributed by atoms with Crippen molar-refractivity contribution in [3.05, 3.63) is 83.9 Å². The van der Waals surface area contributed by atoms with Gasteiger partial charge in [0.05, 0.1) is 17.4 Å². The van der Waals surface area contributed by atoms with Gasteiger partial charge in [-0.2, -0.15) is 4.57 Å². The smallest absolute Gasteiger partial charge is 0.213 e. The molecule has 0 aliphatic rings. The largest absolute Gasteiger partial charge is 0.494 e. The monoisotopic (exact) mass is 340 g/mol. The van der Waals surface area contributed by atoms with E-state index >= 15 is 0 Å². The van der Waals surface area contributed by atoms with Gasteiger partial charge in [0.2, 0.25) is 11.0 Å². The first-order valence-electron chi connectivity index (χ1n) is 8.98. The molecular formula is C24H22NO+.